The summed E-state index contributed by atoms with van der Waals surface area (Å²) in [5.74, 6) is -0.428. The van der Waals surface area contributed by atoms with Gasteiger partial charge in [-0.3, -0.25) is 14.1 Å². The summed E-state index contributed by atoms with van der Waals surface area (Å²) in [5.41, 5.74) is 3.17. The Morgan fingerprint density at radius 2 is 1.65 bits per heavy atom. The number of amides is 2. The second kappa shape index (κ2) is 13.0. The van der Waals surface area contributed by atoms with Gasteiger partial charge in [0.15, 0.2) is 0 Å². The molecule has 0 radical (unpaired) electrons. The molecule has 210 valence electrons. The molecule has 2 atom stereocenters. The van der Waals surface area contributed by atoms with Crippen molar-refractivity contribution in [2.75, 3.05) is 11.8 Å². The third-order valence-corrected chi connectivity index (χ3v) is 7.90. The van der Waals surface area contributed by atoms with Crippen LogP contribution in [0.5, 0.6) is 0 Å². The Kier molecular flexibility index (Phi) is 9.47. The number of thiazole rings is 2. The summed E-state index contributed by atoms with van der Waals surface area (Å²) < 4.78 is 38.0. The fourth-order valence-corrected chi connectivity index (χ4v) is 5.82. The molecule has 4 rings (SSSR count). The normalized spacial score (nSPS) is 12.8. The number of aryl methyl sites for hydroxylation is 1. The maximum atomic E-state index is 13.5. The van der Waals surface area contributed by atoms with Crippen molar-refractivity contribution in [3.8, 4) is 10.7 Å². The molecule has 0 fully saturated rings. The van der Waals surface area contributed by atoms with Crippen molar-refractivity contribution >= 4 is 50.7 Å². The summed E-state index contributed by atoms with van der Waals surface area (Å²) >= 11 is 2.92. The lowest BCUT2D eigenvalue weighted by Gasteiger charge is -2.23. The van der Waals surface area contributed by atoms with Gasteiger partial charge in [-0.2, -0.15) is 8.42 Å². The van der Waals surface area contributed by atoms with Gasteiger partial charge in [0.25, 0.3) is 0 Å². The van der Waals surface area contributed by atoms with E-state index in [9.17, 15) is 18.0 Å². The van der Waals surface area contributed by atoms with Crippen molar-refractivity contribution in [3.63, 3.8) is 0 Å². The number of methoxy groups -OCH3 is 1. The van der Waals surface area contributed by atoms with Crippen molar-refractivity contribution < 1.29 is 27.3 Å². The Morgan fingerprint density at radius 3 is 2.27 bits per heavy atom. The third-order valence-electron chi connectivity index (χ3n) is 5.75. The molecule has 0 aliphatic carbocycles. The van der Waals surface area contributed by atoms with Gasteiger partial charge in [-0.15, -0.1) is 22.7 Å². The first-order valence-corrected chi connectivity index (χ1v) is 15.2. The van der Waals surface area contributed by atoms with E-state index in [0.717, 1.165) is 21.8 Å². The highest BCUT2D eigenvalue weighted by Crippen LogP contribution is 2.29. The number of carbonyl (C=O) groups is 2. The Morgan fingerprint density at radius 1 is 0.950 bits per heavy atom. The lowest BCUT2D eigenvalue weighted by molar-refractivity contribution is -0.123. The summed E-state index contributed by atoms with van der Waals surface area (Å²) in [6.07, 6.45) is -0.178. The Bertz CT molecular complexity index is 1550. The topological polar surface area (TPSA) is 160 Å². The van der Waals surface area contributed by atoms with E-state index >= 15 is 0 Å². The minimum Gasteiger partial charge on any atom is -0.453 e. The summed E-state index contributed by atoms with van der Waals surface area (Å²) in [4.78, 5) is 34.8. The minimum atomic E-state index is -4.41. The van der Waals surface area contributed by atoms with Crippen LogP contribution in [0.3, 0.4) is 0 Å². The number of rotatable bonds is 11. The molecule has 0 aliphatic heterocycles. The number of alkyl carbamates (subject to hydrolysis) is 1. The SMILES string of the molecule is COC(=O)N[C@@H](Cc1ccccc1)C(=O)N[C@@H](Cc1ccc(NS(=O)(=O)O)cc1)c1csc(-c2csc(C)n2)n1. The molecular formula is C26H27N5O6S3. The lowest BCUT2D eigenvalue weighted by Crippen LogP contribution is -2.49. The first kappa shape index (κ1) is 29.1. The van der Waals surface area contributed by atoms with Gasteiger partial charge in [-0.25, -0.2) is 14.8 Å². The van der Waals surface area contributed by atoms with E-state index < -0.39 is 34.4 Å². The second-order valence-electron chi connectivity index (χ2n) is 8.75. The van der Waals surface area contributed by atoms with Gasteiger partial charge in [0.1, 0.15) is 16.7 Å². The summed E-state index contributed by atoms with van der Waals surface area (Å²) in [6, 6.07) is 14.1. The van der Waals surface area contributed by atoms with E-state index in [-0.39, 0.29) is 12.1 Å². The van der Waals surface area contributed by atoms with Crippen LogP contribution in [0.1, 0.15) is 27.9 Å². The van der Waals surface area contributed by atoms with Crippen LogP contribution in [0.4, 0.5) is 10.5 Å². The van der Waals surface area contributed by atoms with E-state index in [4.69, 9.17) is 14.3 Å². The molecule has 2 amide bonds. The Balaban J connectivity index is 1.60. The fraction of sp³-hybridized carbons (Fsp3) is 0.231. The molecule has 2 aromatic carbocycles. The van der Waals surface area contributed by atoms with Crippen molar-refractivity contribution in [2.24, 2.45) is 0 Å². The second-order valence-corrected chi connectivity index (χ2v) is 11.8. The smallest absolute Gasteiger partial charge is 0.407 e. The van der Waals surface area contributed by atoms with E-state index in [0.29, 0.717) is 17.1 Å². The van der Waals surface area contributed by atoms with Gasteiger partial charge in [-0.05, 0) is 36.6 Å². The van der Waals surface area contributed by atoms with Gasteiger partial charge in [0.2, 0.25) is 5.91 Å². The molecule has 4 aromatic rings. The summed E-state index contributed by atoms with van der Waals surface area (Å²) in [7, 11) is -3.18. The molecular weight excluding hydrogens is 575 g/mol. The van der Waals surface area contributed by atoms with Gasteiger partial charge in [0, 0.05) is 17.2 Å². The van der Waals surface area contributed by atoms with Crippen molar-refractivity contribution in [3.05, 3.63) is 87.2 Å². The van der Waals surface area contributed by atoms with Crippen LogP contribution in [0.2, 0.25) is 0 Å². The number of benzene rings is 2. The molecule has 11 nitrogen and oxygen atoms in total. The summed E-state index contributed by atoms with van der Waals surface area (Å²) in [5, 5.41) is 11.0. The van der Waals surface area contributed by atoms with E-state index in [2.05, 4.69) is 15.6 Å². The van der Waals surface area contributed by atoms with Gasteiger partial charge in [-0.1, -0.05) is 42.5 Å². The van der Waals surface area contributed by atoms with Crippen molar-refractivity contribution in [1.29, 1.82) is 0 Å². The van der Waals surface area contributed by atoms with Crippen molar-refractivity contribution in [2.45, 2.75) is 31.8 Å². The largest absolute Gasteiger partial charge is 0.453 e. The van der Waals surface area contributed by atoms with Crippen molar-refractivity contribution in [1.82, 2.24) is 20.6 Å². The maximum Gasteiger partial charge on any atom is 0.407 e. The molecule has 40 heavy (non-hydrogen) atoms. The quantitative estimate of drug-likeness (QED) is 0.187. The van der Waals surface area contributed by atoms with Gasteiger partial charge in [0.05, 0.1) is 29.5 Å². The van der Waals surface area contributed by atoms with Crippen LogP contribution < -0.4 is 15.4 Å². The molecule has 0 aliphatic rings. The van der Waals surface area contributed by atoms with Crippen LogP contribution in [0, 0.1) is 6.92 Å². The number of ether oxygens (including phenoxy) is 1. The molecule has 2 heterocycles. The number of hydrogen-bond donors (Lipinski definition) is 4. The summed E-state index contributed by atoms with van der Waals surface area (Å²) in [6.45, 7) is 1.91. The zero-order chi connectivity index (χ0) is 28.7. The molecule has 4 N–H and O–H groups in total. The molecule has 0 saturated carbocycles. The Labute approximate surface area is 239 Å². The van der Waals surface area contributed by atoms with Gasteiger partial charge >= 0.3 is 16.4 Å². The molecule has 14 heteroatoms. The number of nitrogens with one attached hydrogen (secondary N) is 3. The Hall–Kier alpha value is -3.85. The monoisotopic (exact) mass is 601 g/mol. The first-order chi connectivity index (χ1) is 19.1. The number of carbonyl (C=O) groups excluding carboxylic acids is 2. The highest BCUT2D eigenvalue weighted by molar-refractivity contribution is 7.87. The zero-order valence-corrected chi connectivity index (χ0v) is 24.0. The highest BCUT2D eigenvalue weighted by Gasteiger charge is 2.26. The zero-order valence-electron chi connectivity index (χ0n) is 21.5. The molecule has 0 spiro atoms. The highest BCUT2D eigenvalue weighted by atomic mass is 32.2. The number of nitrogens with zero attached hydrogens (tertiary/aromatic N) is 2. The molecule has 0 saturated heterocycles. The first-order valence-electron chi connectivity index (χ1n) is 12.0. The predicted molar refractivity (Wildman–Crippen MR) is 154 cm³/mol. The van der Waals surface area contributed by atoms with Crippen LogP contribution in [-0.4, -0.2) is 48.1 Å². The number of hydrogen-bond acceptors (Lipinski definition) is 9. The molecule has 2 aromatic heterocycles. The molecule has 0 bridgehead atoms. The average Bonchev–Trinajstić information content (AvgIpc) is 3.58. The molecule has 0 unspecified atom stereocenters. The number of anilines is 1. The average molecular weight is 602 g/mol. The van der Waals surface area contributed by atoms with Gasteiger partial charge < -0.3 is 15.4 Å². The van der Waals surface area contributed by atoms with E-state index in [1.807, 2.05) is 52.7 Å². The van der Waals surface area contributed by atoms with Crippen LogP contribution in [-0.2, 0) is 32.7 Å². The van der Waals surface area contributed by atoms with Crippen LogP contribution >= 0.6 is 22.7 Å². The predicted octanol–water partition coefficient (Wildman–Crippen LogP) is 4.16. The maximum absolute atomic E-state index is 13.5. The standard InChI is InChI=1S/C26H27N5O6S3/c1-16-27-23(15-38-16)25-29-22(14-39-25)20(12-18-8-10-19(11-9-18)31-40(34,35)36)28-24(32)21(30-26(33)37-2)13-17-6-4-3-5-7-17/h3-11,14-15,20-21,31H,12-13H2,1-2H3,(H,28,32)(H,30,33)(H,34,35,36)/t20-,21-/m0/s1. The lowest BCUT2D eigenvalue weighted by atomic mass is 10.0. The number of aromatic nitrogens is 2. The minimum absolute atomic E-state index is 0.187. The van der Waals surface area contributed by atoms with Crippen LogP contribution in [0.25, 0.3) is 10.7 Å². The van der Waals surface area contributed by atoms with E-state index in [1.165, 1.54) is 41.9 Å². The van der Waals surface area contributed by atoms with Crippen LogP contribution in [0.15, 0.2) is 65.4 Å². The van der Waals surface area contributed by atoms with E-state index in [1.54, 1.807) is 12.1 Å². The fourth-order valence-electron chi connectivity index (χ4n) is 3.88. The third kappa shape index (κ3) is 8.32.